The molecule has 3 nitrogen and oxygen atoms in total. The molecule has 0 aliphatic carbocycles. The Bertz CT molecular complexity index is 187. The number of piperidine rings is 1. The van der Waals surface area contributed by atoms with Crippen LogP contribution in [-0.4, -0.2) is 36.5 Å². The molecule has 1 atom stereocenters. The lowest BCUT2D eigenvalue weighted by Crippen LogP contribution is -2.46. The smallest absolute Gasteiger partial charge is 0.236 e. The van der Waals surface area contributed by atoms with Crippen LogP contribution in [-0.2, 0) is 4.79 Å². The highest BCUT2D eigenvalue weighted by atomic mass is 16.2. The molecule has 1 heterocycles. The molecule has 0 spiro atoms. The second-order valence-electron chi connectivity index (χ2n) is 3.93. The average molecular weight is 200 g/mol. The van der Waals surface area contributed by atoms with Gasteiger partial charge in [0.2, 0.25) is 5.91 Å². The Hall–Kier alpha value is -0.570. The van der Waals surface area contributed by atoms with Gasteiger partial charge in [0, 0.05) is 14.0 Å². The van der Waals surface area contributed by atoms with Crippen molar-refractivity contribution in [3.63, 3.8) is 0 Å². The summed E-state index contributed by atoms with van der Waals surface area (Å²) in [7, 11) is 0. The van der Waals surface area contributed by atoms with Gasteiger partial charge in [0.05, 0.1) is 6.54 Å². The first-order valence-electron chi connectivity index (χ1n) is 5.79. The lowest BCUT2D eigenvalue weighted by Gasteiger charge is -2.35. The third-order valence-corrected chi connectivity index (χ3v) is 2.94. The van der Waals surface area contributed by atoms with Gasteiger partial charge >= 0.3 is 0 Å². The zero-order chi connectivity index (χ0) is 10.4. The second kappa shape index (κ2) is 6.02. The monoisotopic (exact) mass is 200 g/mol. The van der Waals surface area contributed by atoms with Crippen molar-refractivity contribution in [3.8, 4) is 0 Å². The van der Waals surface area contributed by atoms with E-state index in [-0.39, 0.29) is 7.33 Å². The van der Waals surface area contributed by atoms with Gasteiger partial charge in [0.1, 0.15) is 0 Å². The molecule has 14 heavy (non-hydrogen) atoms. The molecule has 1 unspecified atom stereocenters. The molecule has 0 radical (unpaired) electrons. The third-order valence-electron chi connectivity index (χ3n) is 2.94. The first-order valence-corrected chi connectivity index (χ1v) is 5.79. The minimum atomic E-state index is 0. The van der Waals surface area contributed by atoms with Crippen LogP contribution >= 0.6 is 0 Å². The molecular weight excluding hydrogens is 176 g/mol. The van der Waals surface area contributed by atoms with Gasteiger partial charge in [-0.05, 0) is 32.2 Å². The van der Waals surface area contributed by atoms with E-state index in [1.54, 1.807) is 0 Å². The van der Waals surface area contributed by atoms with E-state index in [9.17, 15) is 4.79 Å². The number of amides is 1. The Balaban J connectivity index is 0.00000196. The van der Waals surface area contributed by atoms with E-state index in [1.165, 1.54) is 19.3 Å². The van der Waals surface area contributed by atoms with Gasteiger partial charge in [-0.25, -0.2) is 0 Å². The van der Waals surface area contributed by atoms with Gasteiger partial charge in [-0.2, -0.15) is 0 Å². The maximum Gasteiger partial charge on any atom is 0.236 e. The van der Waals surface area contributed by atoms with Crippen LogP contribution in [0.2, 0.25) is 0 Å². The van der Waals surface area contributed by atoms with E-state index in [0.29, 0.717) is 12.6 Å². The molecule has 3 heteroatoms. The summed E-state index contributed by atoms with van der Waals surface area (Å²) in [5.41, 5.74) is 0. The van der Waals surface area contributed by atoms with Gasteiger partial charge in [-0.3, -0.25) is 4.79 Å². The quantitative estimate of drug-likeness (QED) is 0.748. The summed E-state index contributed by atoms with van der Waals surface area (Å²) in [6, 6.07) is 0.495. The molecule has 0 aromatic carbocycles. The van der Waals surface area contributed by atoms with Gasteiger partial charge in [-0.15, -0.1) is 0 Å². The molecule has 1 amide bonds. The highest BCUT2D eigenvalue weighted by molar-refractivity contribution is 5.78. The summed E-state index contributed by atoms with van der Waals surface area (Å²) in [5, 5.41) is 3.10. The highest BCUT2D eigenvalue weighted by Crippen LogP contribution is 2.19. The first-order chi connectivity index (χ1) is 6.79. The van der Waals surface area contributed by atoms with Crippen molar-refractivity contribution in [1.29, 1.82) is 0 Å². The van der Waals surface area contributed by atoms with Crippen molar-refractivity contribution in [2.75, 3.05) is 19.6 Å². The largest absolute Gasteiger partial charge is 0.339 e. The third kappa shape index (κ3) is 2.98. The average Bonchev–Trinajstić information content (AvgIpc) is 2.25. The van der Waals surface area contributed by atoms with Gasteiger partial charge < -0.3 is 10.2 Å². The molecule has 84 valence electrons. The number of nitrogens with zero attached hydrogens (tertiary/aromatic N) is 1. The Kier molecular flexibility index (Phi) is 4.94. The van der Waals surface area contributed by atoms with E-state index < -0.39 is 0 Å². The van der Waals surface area contributed by atoms with E-state index in [0.717, 1.165) is 19.5 Å². The number of nitrogens with one attached hydrogen (secondary N) is 1. The number of rotatable bonds is 4. The van der Waals surface area contributed by atoms with Gasteiger partial charge in [0.15, 0.2) is 0 Å². The van der Waals surface area contributed by atoms with Crippen molar-refractivity contribution >= 4 is 5.91 Å². The molecule has 1 fully saturated rings. The maximum atomic E-state index is 11.8. The zero-order valence-corrected chi connectivity index (χ0v) is 9.38. The molecular formula is C11H24N2O. The number of carbonyl (C=O) groups excluding carboxylic acids is 1. The Morgan fingerprint density at radius 1 is 1.50 bits per heavy atom. The van der Waals surface area contributed by atoms with E-state index >= 15 is 0 Å². The van der Waals surface area contributed by atoms with Crippen molar-refractivity contribution in [3.05, 3.63) is 0 Å². The summed E-state index contributed by atoms with van der Waals surface area (Å²) < 4.78 is 0. The van der Waals surface area contributed by atoms with Crippen LogP contribution in [0, 0.1) is 0 Å². The Labute approximate surface area is 88.3 Å². The maximum absolute atomic E-state index is 11.8. The predicted molar refractivity (Wildman–Crippen MR) is 60.3 cm³/mol. The number of carbonyl (C=O) groups is 1. The molecule has 1 rings (SSSR count). The molecule has 1 N–H and O–H groups in total. The van der Waals surface area contributed by atoms with Crippen molar-refractivity contribution in [2.45, 2.75) is 45.6 Å². The Morgan fingerprint density at radius 3 is 2.93 bits per heavy atom. The fraction of sp³-hybridized carbons (Fsp3) is 0.909. The van der Waals surface area contributed by atoms with Crippen LogP contribution in [0.1, 0.15) is 41.0 Å². The topological polar surface area (TPSA) is 32.3 Å². The minimum absolute atomic E-state index is 0. The lowest BCUT2D eigenvalue weighted by molar-refractivity contribution is -0.133. The highest BCUT2D eigenvalue weighted by Gasteiger charge is 2.24. The number of hydrogen-bond acceptors (Lipinski definition) is 2. The van der Waals surface area contributed by atoms with Crippen LogP contribution in [0.5, 0.6) is 0 Å². The van der Waals surface area contributed by atoms with Crippen LogP contribution in [0.3, 0.4) is 0 Å². The molecule has 0 bridgehead atoms. The van der Waals surface area contributed by atoms with Crippen molar-refractivity contribution in [2.24, 2.45) is 0 Å². The molecule has 1 saturated heterocycles. The summed E-state index contributed by atoms with van der Waals surface area (Å²) in [6.45, 7) is 6.54. The van der Waals surface area contributed by atoms with Crippen LogP contribution < -0.4 is 5.32 Å². The molecule has 1 aliphatic heterocycles. The molecule has 0 aromatic heterocycles. The molecule has 1 aliphatic rings. The number of likely N-dealkylation sites (tertiary alicyclic amines) is 1. The Morgan fingerprint density at radius 2 is 2.29 bits per heavy atom. The summed E-state index contributed by atoms with van der Waals surface area (Å²) in [4.78, 5) is 13.9. The number of hydrogen-bond donors (Lipinski definition) is 1. The summed E-state index contributed by atoms with van der Waals surface area (Å²) in [6.07, 6.45) is 4.74. The van der Waals surface area contributed by atoms with Crippen LogP contribution in [0.4, 0.5) is 0 Å². The standard InChI is InChI=1S/C11H22N2O.H2/c1-3-10-7-5-6-8-13(10)11(14)9-12-4-2;/h10,12H,3-9H2,1-2H3;1H. The SMILES string of the molecule is CCNCC(=O)N1CCCCC1CC.[HH]. The lowest BCUT2D eigenvalue weighted by atomic mass is 10.00. The summed E-state index contributed by atoms with van der Waals surface area (Å²) >= 11 is 0. The normalized spacial score (nSPS) is 22.4. The number of likely N-dealkylation sites (N-methyl/N-ethyl adjacent to an activating group) is 1. The van der Waals surface area contributed by atoms with E-state index in [1.807, 2.05) is 6.92 Å². The zero-order valence-electron chi connectivity index (χ0n) is 9.38. The van der Waals surface area contributed by atoms with Crippen LogP contribution in [0.25, 0.3) is 0 Å². The first kappa shape index (κ1) is 11.5. The van der Waals surface area contributed by atoms with Gasteiger partial charge in [0.25, 0.3) is 0 Å². The predicted octanol–water partition coefficient (Wildman–Crippen LogP) is 1.63. The van der Waals surface area contributed by atoms with Crippen LogP contribution in [0.15, 0.2) is 0 Å². The van der Waals surface area contributed by atoms with Crippen molar-refractivity contribution in [1.82, 2.24) is 10.2 Å². The molecule has 0 aromatic rings. The van der Waals surface area contributed by atoms with E-state index in [4.69, 9.17) is 0 Å². The van der Waals surface area contributed by atoms with Gasteiger partial charge in [-0.1, -0.05) is 13.8 Å². The summed E-state index contributed by atoms with van der Waals surface area (Å²) in [5.74, 6) is 0.276. The fourth-order valence-corrected chi connectivity index (χ4v) is 2.09. The fourth-order valence-electron chi connectivity index (χ4n) is 2.09. The minimum Gasteiger partial charge on any atom is -0.339 e. The molecule has 0 saturated carbocycles. The van der Waals surface area contributed by atoms with E-state index in [2.05, 4.69) is 17.1 Å². The second-order valence-corrected chi connectivity index (χ2v) is 3.93. The van der Waals surface area contributed by atoms with Crippen molar-refractivity contribution < 1.29 is 6.22 Å².